The second-order valence-corrected chi connectivity index (χ2v) is 7.07. The van der Waals surface area contributed by atoms with Gasteiger partial charge in [-0.15, -0.1) is 0 Å². The molecule has 1 aromatic carbocycles. The van der Waals surface area contributed by atoms with Crippen LogP contribution in [0.5, 0.6) is 0 Å². The van der Waals surface area contributed by atoms with Crippen LogP contribution in [0.2, 0.25) is 0 Å². The van der Waals surface area contributed by atoms with Crippen molar-refractivity contribution in [2.45, 2.75) is 58.0 Å². The number of carboxylic acid groups (broad SMARTS) is 1. The Kier molecular flexibility index (Phi) is 4.59. The zero-order valence-corrected chi connectivity index (χ0v) is 13.5. The Morgan fingerprint density at radius 1 is 1.14 bits per heavy atom. The number of benzene rings is 1. The lowest BCUT2D eigenvalue weighted by Crippen LogP contribution is -2.45. The van der Waals surface area contributed by atoms with Crippen LogP contribution in [0.1, 0.15) is 57.9 Å². The highest BCUT2D eigenvalue weighted by atomic mass is 16.6. The van der Waals surface area contributed by atoms with Gasteiger partial charge in [0, 0.05) is 0 Å². The van der Waals surface area contributed by atoms with Crippen molar-refractivity contribution >= 4 is 11.9 Å². The van der Waals surface area contributed by atoms with E-state index in [2.05, 4.69) is 12.1 Å². The fraction of sp³-hybridized carbons (Fsp3) is 0.556. The molecule has 1 aromatic rings. The summed E-state index contributed by atoms with van der Waals surface area (Å²) in [7, 11) is 0. The molecule has 1 N–H and O–H groups in total. The molecule has 0 atom stereocenters. The first-order chi connectivity index (χ1) is 10.2. The predicted molar refractivity (Wildman–Crippen MR) is 83.6 cm³/mol. The van der Waals surface area contributed by atoms with Crippen LogP contribution in [-0.2, 0) is 14.3 Å². The summed E-state index contributed by atoms with van der Waals surface area (Å²) in [5, 5.41) is 9.61. The molecule has 4 nitrogen and oxygen atoms in total. The number of hydrogen-bond acceptors (Lipinski definition) is 3. The fourth-order valence-corrected chi connectivity index (χ4v) is 3.05. The summed E-state index contributed by atoms with van der Waals surface area (Å²) < 4.78 is 5.36. The zero-order valence-electron chi connectivity index (χ0n) is 13.5. The molecule has 0 amide bonds. The first kappa shape index (κ1) is 16.5. The van der Waals surface area contributed by atoms with Gasteiger partial charge >= 0.3 is 11.9 Å². The second-order valence-electron chi connectivity index (χ2n) is 7.07. The highest BCUT2D eigenvalue weighted by Gasteiger charge is 2.50. The van der Waals surface area contributed by atoms with Gasteiger partial charge in [0.15, 0.2) is 5.41 Å². The summed E-state index contributed by atoms with van der Waals surface area (Å²) in [5.74, 6) is -1.34. The fourth-order valence-electron chi connectivity index (χ4n) is 3.05. The molecule has 2 rings (SSSR count). The van der Waals surface area contributed by atoms with Gasteiger partial charge in [-0.25, -0.2) is 0 Å². The van der Waals surface area contributed by atoms with Crippen LogP contribution in [-0.4, -0.2) is 22.6 Å². The minimum absolute atomic E-state index is 0.316. The van der Waals surface area contributed by atoms with Gasteiger partial charge in [0.1, 0.15) is 5.60 Å². The van der Waals surface area contributed by atoms with Crippen molar-refractivity contribution < 1.29 is 19.4 Å². The molecule has 4 heteroatoms. The van der Waals surface area contributed by atoms with Crippen LogP contribution in [0.3, 0.4) is 0 Å². The first-order valence-electron chi connectivity index (χ1n) is 7.76. The van der Waals surface area contributed by atoms with E-state index in [1.807, 2.05) is 18.2 Å². The molecule has 1 fully saturated rings. The van der Waals surface area contributed by atoms with Gasteiger partial charge in [0.05, 0.1) is 0 Å². The number of ether oxygens (including phenoxy) is 1. The third-order valence-electron chi connectivity index (χ3n) is 4.31. The van der Waals surface area contributed by atoms with Gasteiger partial charge in [0.2, 0.25) is 0 Å². The maximum absolute atomic E-state index is 12.4. The summed E-state index contributed by atoms with van der Waals surface area (Å²) in [6.45, 7) is 5.28. The van der Waals surface area contributed by atoms with Gasteiger partial charge in [-0.2, -0.15) is 0 Å². The van der Waals surface area contributed by atoms with Gasteiger partial charge in [-0.3, -0.25) is 9.59 Å². The van der Waals surface area contributed by atoms with Crippen molar-refractivity contribution in [2.24, 2.45) is 5.41 Å². The molecule has 0 radical (unpaired) electrons. The Morgan fingerprint density at radius 3 is 2.14 bits per heavy atom. The van der Waals surface area contributed by atoms with Gasteiger partial charge < -0.3 is 9.84 Å². The van der Waals surface area contributed by atoms with Crippen molar-refractivity contribution in [3.05, 3.63) is 35.9 Å². The van der Waals surface area contributed by atoms with Gasteiger partial charge in [0.25, 0.3) is 0 Å². The quantitative estimate of drug-likeness (QED) is 0.682. The van der Waals surface area contributed by atoms with Crippen molar-refractivity contribution in [3.63, 3.8) is 0 Å². The highest BCUT2D eigenvalue weighted by molar-refractivity contribution is 5.99. The lowest BCUT2D eigenvalue weighted by atomic mass is 9.69. The van der Waals surface area contributed by atoms with Crippen molar-refractivity contribution in [1.29, 1.82) is 0 Å². The Hall–Kier alpha value is -1.84. The average Bonchev–Trinajstić information content (AvgIpc) is 2.46. The standard InChI is InChI=1S/C18H24O4/c1-17(2,3)22-16(21)18(15(19)20)11-9-14(10-12-18)13-7-5-4-6-8-13/h4-8,14H,9-12H2,1-3H3,(H,19,20). The molecular weight excluding hydrogens is 280 g/mol. The molecule has 1 saturated carbocycles. The zero-order chi connectivity index (χ0) is 16.4. The van der Waals surface area contributed by atoms with Crippen molar-refractivity contribution in [1.82, 2.24) is 0 Å². The summed E-state index contributed by atoms with van der Waals surface area (Å²) in [4.78, 5) is 24.2. The third-order valence-corrected chi connectivity index (χ3v) is 4.31. The van der Waals surface area contributed by atoms with Gasteiger partial charge in [-0.05, 0) is 57.9 Å². The summed E-state index contributed by atoms with van der Waals surface area (Å²) in [5.41, 5.74) is -0.848. The number of carboxylic acids is 1. The molecule has 0 spiro atoms. The SMILES string of the molecule is CC(C)(C)OC(=O)C1(C(=O)O)CCC(c2ccccc2)CC1. The summed E-state index contributed by atoms with van der Waals surface area (Å²) >= 11 is 0. The van der Waals surface area contributed by atoms with Crippen LogP contribution >= 0.6 is 0 Å². The summed E-state index contributed by atoms with van der Waals surface area (Å²) in [6.07, 6.45) is 2.04. The molecular formula is C18H24O4. The van der Waals surface area contributed by atoms with E-state index in [1.165, 1.54) is 5.56 Å². The number of aliphatic carboxylic acids is 1. The molecule has 1 aliphatic rings. The van der Waals surface area contributed by atoms with E-state index in [0.29, 0.717) is 31.6 Å². The molecule has 1 aliphatic carbocycles. The van der Waals surface area contributed by atoms with Crippen LogP contribution in [0.15, 0.2) is 30.3 Å². The maximum Gasteiger partial charge on any atom is 0.323 e. The van der Waals surface area contributed by atoms with E-state index in [1.54, 1.807) is 20.8 Å². The van der Waals surface area contributed by atoms with Crippen LogP contribution < -0.4 is 0 Å². The van der Waals surface area contributed by atoms with E-state index in [-0.39, 0.29) is 0 Å². The number of esters is 1. The Bertz CT molecular complexity index is 534. The first-order valence-corrected chi connectivity index (χ1v) is 7.76. The lowest BCUT2D eigenvalue weighted by Gasteiger charge is -2.36. The Morgan fingerprint density at radius 2 is 1.68 bits per heavy atom. The normalized spacial score (nSPS) is 25.5. The molecule has 0 saturated heterocycles. The predicted octanol–water partition coefficient (Wildman–Crippen LogP) is 3.76. The number of rotatable bonds is 3. The molecule has 0 aliphatic heterocycles. The van der Waals surface area contributed by atoms with E-state index in [9.17, 15) is 14.7 Å². The topological polar surface area (TPSA) is 63.6 Å². The van der Waals surface area contributed by atoms with Crippen molar-refractivity contribution in [3.8, 4) is 0 Å². The van der Waals surface area contributed by atoms with Crippen LogP contribution in [0.4, 0.5) is 0 Å². The molecule has 22 heavy (non-hydrogen) atoms. The Balaban J connectivity index is 2.13. The monoisotopic (exact) mass is 304 g/mol. The molecule has 0 heterocycles. The second kappa shape index (κ2) is 6.11. The minimum atomic E-state index is -1.39. The average molecular weight is 304 g/mol. The molecule has 0 unspecified atom stereocenters. The van der Waals surface area contributed by atoms with E-state index in [4.69, 9.17) is 4.74 Å². The summed E-state index contributed by atoms with van der Waals surface area (Å²) in [6, 6.07) is 10.1. The highest BCUT2D eigenvalue weighted by Crippen LogP contribution is 2.44. The maximum atomic E-state index is 12.4. The van der Waals surface area contributed by atoms with Crippen LogP contribution in [0.25, 0.3) is 0 Å². The number of hydrogen-bond donors (Lipinski definition) is 1. The molecule has 0 aromatic heterocycles. The largest absolute Gasteiger partial charge is 0.480 e. The van der Waals surface area contributed by atoms with Crippen molar-refractivity contribution in [2.75, 3.05) is 0 Å². The van der Waals surface area contributed by atoms with E-state index in [0.717, 1.165) is 0 Å². The smallest absolute Gasteiger partial charge is 0.323 e. The molecule has 0 bridgehead atoms. The lowest BCUT2D eigenvalue weighted by molar-refractivity contribution is -0.179. The third kappa shape index (κ3) is 3.49. The molecule has 120 valence electrons. The Labute approximate surface area is 131 Å². The van der Waals surface area contributed by atoms with E-state index < -0.39 is 23.0 Å². The van der Waals surface area contributed by atoms with E-state index >= 15 is 0 Å². The minimum Gasteiger partial charge on any atom is -0.480 e. The number of carbonyl (C=O) groups is 2. The van der Waals surface area contributed by atoms with Gasteiger partial charge in [-0.1, -0.05) is 30.3 Å². The number of carbonyl (C=O) groups excluding carboxylic acids is 1. The van der Waals surface area contributed by atoms with Crippen LogP contribution in [0, 0.1) is 5.41 Å².